The summed E-state index contributed by atoms with van der Waals surface area (Å²) in [4.78, 5) is 27.8. The summed E-state index contributed by atoms with van der Waals surface area (Å²) >= 11 is 16.0. The Bertz CT molecular complexity index is 1130. The number of para-hydroxylation sites is 1. The van der Waals surface area contributed by atoms with E-state index < -0.39 is 28.5 Å². The van der Waals surface area contributed by atoms with Gasteiger partial charge in [-0.3, -0.25) is 13.9 Å². The van der Waals surface area contributed by atoms with Gasteiger partial charge in [-0.15, -0.1) is 0 Å². The van der Waals surface area contributed by atoms with E-state index >= 15 is 0 Å². The second-order valence-corrected chi connectivity index (χ2v) is 11.5. The van der Waals surface area contributed by atoms with Gasteiger partial charge in [-0.2, -0.15) is 0 Å². The van der Waals surface area contributed by atoms with Crippen LogP contribution in [0.15, 0.2) is 46.9 Å². The summed E-state index contributed by atoms with van der Waals surface area (Å²) in [5, 5.41) is 3.54. The van der Waals surface area contributed by atoms with Crippen LogP contribution >= 0.6 is 39.1 Å². The molecule has 0 fully saturated rings. The lowest BCUT2D eigenvalue weighted by molar-refractivity contribution is -0.139. The fourth-order valence-electron chi connectivity index (χ4n) is 3.15. The van der Waals surface area contributed by atoms with Gasteiger partial charge < -0.3 is 10.2 Å². The standard InChI is InChI=1S/C23H28BrCl2N3O4S/c1-5-15(2)27-23(31)16(3)28(13-17-19(25)10-8-11-20(17)26)22(30)14-29(34(4,32)33)21-12-7-6-9-18(21)24/h6-12,15-16H,5,13-14H2,1-4H3,(H,27,31)/t15-,16+/m1/s1. The number of nitrogens with one attached hydrogen (secondary N) is 1. The number of halogens is 3. The van der Waals surface area contributed by atoms with Crippen LogP contribution in [0.3, 0.4) is 0 Å². The summed E-state index contributed by atoms with van der Waals surface area (Å²) in [7, 11) is -3.82. The highest BCUT2D eigenvalue weighted by atomic mass is 79.9. The minimum absolute atomic E-state index is 0.0695. The van der Waals surface area contributed by atoms with Crippen molar-refractivity contribution in [1.82, 2.24) is 10.2 Å². The van der Waals surface area contributed by atoms with Crippen molar-refractivity contribution >= 4 is 66.7 Å². The molecule has 0 heterocycles. The lowest BCUT2D eigenvalue weighted by Gasteiger charge is -2.32. The maximum absolute atomic E-state index is 13.6. The summed E-state index contributed by atoms with van der Waals surface area (Å²) in [5.74, 6) is -0.943. The molecule has 0 spiro atoms. The molecule has 2 aromatic rings. The number of nitrogens with zero attached hydrogens (tertiary/aromatic N) is 2. The number of amides is 2. The Hall–Kier alpha value is -1.81. The van der Waals surface area contributed by atoms with Gasteiger partial charge in [0.25, 0.3) is 0 Å². The molecule has 0 saturated heterocycles. The number of hydrogen-bond acceptors (Lipinski definition) is 4. The summed E-state index contributed by atoms with van der Waals surface area (Å²) in [6.07, 6.45) is 1.74. The smallest absolute Gasteiger partial charge is 0.244 e. The normalized spacial score (nSPS) is 13.1. The molecule has 2 amide bonds. The third-order valence-corrected chi connectivity index (χ3v) is 7.86. The summed E-state index contributed by atoms with van der Waals surface area (Å²) in [6.45, 7) is 4.80. The fourth-order valence-corrected chi connectivity index (χ4v) is 5.15. The molecule has 0 bridgehead atoms. The number of hydrogen-bond donors (Lipinski definition) is 1. The van der Waals surface area contributed by atoms with Gasteiger partial charge in [-0.1, -0.05) is 48.3 Å². The average molecular weight is 593 g/mol. The highest BCUT2D eigenvalue weighted by molar-refractivity contribution is 9.10. The van der Waals surface area contributed by atoms with E-state index in [4.69, 9.17) is 23.2 Å². The van der Waals surface area contributed by atoms with Crippen molar-refractivity contribution in [3.05, 3.63) is 62.5 Å². The first-order valence-corrected chi connectivity index (χ1v) is 14.0. The minimum Gasteiger partial charge on any atom is -0.352 e. The number of sulfonamides is 1. The highest BCUT2D eigenvalue weighted by Crippen LogP contribution is 2.29. The molecule has 186 valence electrons. The van der Waals surface area contributed by atoms with E-state index in [1.807, 2.05) is 13.8 Å². The molecule has 2 atom stereocenters. The fraction of sp³-hybridized carbons (Fsp3) is 0.391. The van der Waals surface area contributed by atoms with Crippen molar-refractivity contribution in [2.24, 2.45) is 0 Å². The van der Waals surface area contributed by atoms with Crippen LogP contribution in [0.4, 0.5) is 5.69 Å². The van der Waals surface area contributed by atoms with Crippen LogP contribution in [0.25, 0.3) is 0 Å². The monoisotopic (exact) mass is 591 g/mol. The highest BCUT2D eigenvalue weighted by Gasteiger charge is 2.31. The predicted molar refractivity (Wildman–Crippen MR) is 141 cm³/mol. The summed E-state index contributed by atoms with van der Waals surface area (Å²) < 4.78 is 26.7. The maximum atomic E-state index is 13.6. The molecular weight excluding hydrogens is 565 g/mol. The first kappa shape index (κ1) is 28.4. The second-order valence-electron chi connectivity index (χ2n) is 7.94. The quantitative estimate of drug-likeness (QED) is 0.427. The van der Waals surface area contributed by atoms with Crippen molar-refractivity contribution in [2.75, 3.05) is 17.1 Å². The van der Waals surface area contributed by atoms with Gasteiger partial charge >= 0.3 is 0 Å². The van der Waals surface area contributed by atoms with Crippen molar-refractivity contribution < 1.29 is 18.0 Å². The molecular formula is C23H28BrCl2N3O4S. The number of carbonyl (C=O) groups is 2. The lowest BCUT2D eigenvalue weighted by atomic mass is 10.1. The van der Waals surface area contributed by atoms with Crippen molar-refractivity contribution in [2.45, 2.75) is 45.8 Å². The third kappa shape index (κ3) is 7.34. The van der Waals surface area contributed by atoms with Crippen LogP contribution in [0.2, 0.25) is 10.0 Å². The molecule has 0 aromatic heterocycles. The number of rotatable bonds is 10. The lowest BCUT2D eigenvalue weighted by Crippen LogP contribution is -2.52. The number of benzene rings is 2. The molecule has 2 aromatic carbocycles. The van der Waals surface area contributed by atoms with Crippen LogP contribution in [0, 0.1) is 0 Å². The molecule has 7 nitrogen and oxygen atoms in total. The minimum atomic E-state index is -3.82. The van der Waals surface area contributed by atoms with Crippen molar-refractivity contribution in [3.8, 4) is 0 Å². The first-order chi connectivity index (χ1) is 15.9. The first-order valence-electron chi connectivity index (χ1n) is 10.6. The SMILES string of the molecule is CC[C@@H](C)NC(=O)[C@H](C)N(Cc1c(Cl)cccc1Cl)C(=O)CN(c1ccccc1Br)S(C)(=O)=O. The second kappa shape index (κ2) is 12.2. The van der Waals surface area contributed by atoms with Crippen LogP contribution in [0.5, 0.6) is 0 Å². The Balaban J connectivity index is 2.46. The van der Waals surface area contributed by atoms with E-state index in [1.54, 1.807) is 49.4 Å². The van der Waals surface area contributed by atoms with Gasteiger partial charge in [0.15, 0.2) is 0 Å². The largest absolute Gasteiger partial charge is 0.352 e. The van der Waals surface area contributed by atoms with Gasteiger partial charge in [0.1, 0.15) is 12.6 Å². The van der Waals surface area contributed by atoms with E-state index in [0.717, 1.165) is 10.6 Å². The molecule has 0 saturated carbocycles. The molecule has 2 rings (SSSR count). The zero-order valence-electron chi connectivity index (χ0n) is 19.4. The molecule has 11 heteroatoms. The summed E-state index contributed by atoms with van der Waals surface area (Å²) in [5.41, 5.74) is 0.778. The van der Waals surface area contributed by atoms with Crippen molar-refractivity contribution in [1.29, 1.82) is 0 Å². The van der Waals surface area contributed by atoms with Crippen molar-refractivity contribution in [3.63, 3.8) is 0 Å². The third-order valence-electron chi connectivity index (χ3n) is 5.36. The average Bonchev–Trinajstić information content (AvgIpc) is 2.76. The van der Waals surface area contributed by atoms with Gasteiger partial charge in [0.05, 0.1) is 11.9 Å². The van der Waals surface area contributed by atoms with E-state index in [9.17, 15) is 18.0 Å². The van der Waals surface area contributed by atoms with E-state index in [-0.39, 0.29) is 18.5 Å². The van der Waals surface area contributed by atoms with E-state index in [1.165, 1.54) is 4.90 Å². The Labute approximate surface area is 219 Å². The molecule has 1 N–H and O–H groups in total. The molecule has 34 heavy (non-hydrogen) atoms. The van der Waals surface area contributed by atoms with E-state index in [2.05, 4.69) is 21.2 Å². The molecule has 0 unspecified atom stereocenters. The van der Waals surface area contributed by atoms with Gasteiger partial charge in [0.2, 0.25) is 21.8 Å². The van der Waals surface area contributed by atoms with Crippen LogP contribution in [-0.4, -0.2) is 50.0 Å². The van der Waals surface area contributed by atoms with Gasteiger partial charge in [-0.05, 0) is 60.5 Å². The Morgan fingerprint density at radius 1 is 1.06 bits per heavy atom. The van der Waals surface area contributed by atoms with Crippen LogP contribution in [-0.2, 0) is 26.2 Å². The zero-order chi connectivity index (χ0) is 25.6. The molecule has 0 aliphatic carbocycles. The van der Waals surface area contributed by atoms with Gasteiger partial charge in [-0.25, -0.2) is 8.42 Å². The van der Waals surface area contributed by atoms with Gasteiger partial charge in [0, 0.05) is 32.7 Å². The topological polar surface area (TPSA) is 86.8 Å². The van der Waals surface area contributed by atoms with Crippen LogP contribution < -0.4 is 9.62 Å². The maximum Gasteiger partial charge on any atom is 0.244 e. The Morgan fingerprint density at radius 2 is 1.65 bits per heavy atom. The molecule has 0 aliphatic heterocycles. The zero-order valence-corrected chi connectivity index (χ0v) is 23.3. The predicted octanol–water partition coefficient (Wildman–Crippen LogP) is 4.85. The van der Waals surface area contributed by atoms with E-state index in [0.29, 0.717) is 32.2 Å². The molecule has 0 radical (unpaired) electrons. The Kier molecular flexibility index (Phi) is 10.2. The van der Waals surface area contributed by atoms with Crippen LogP contribution in [0.1, 0.15) is 32.8 Å². The number of anilines is 1. The molecule has 0 aliphatic rings. The number of carbonyl (C=O) groups excluding carboxylic acids is 2. The Morgan fingerprint density at radius 3 is 2.18 bits per heavy atom. The summed E-state index contributed by atoms with van der Waals surface area (Å²) in [6, 6.07) is 10.6.